The normalized spacial score (nSPS) is 14.5. The fraction of sp³-hybridized carbons (Fsp3) is 0.375. The molecule has 2 aromatic rings. The van der Waals surface area contributed by atoms with Crippen LogP contribution in [-0.4, -0.2) is 47.9 Å². The molecule has 0 radical (unpaired) electrons. The van der Waals surface area contributed by atoms with E-state index in [4.69, 9.17) is 9.84 Å². The topological polar surface area (TPSA) is 105 Å². The van der Waals surface area contributed by atoms with Gasteiger partial charge in [-0.2, -0.15) is 13.2 Å². The Hall–Kier alpha value is -3.56. The molecule has 0 fully saturated rings. The number of ether oxygens (including phenoxy) is 1. The van der Waals surface area contributed by atoms with Crippen molar-refractivity contribution in [3.05, 3.63) is 59.7 Å². The predicted molar refractivity (Wildman–Crippen MR) is 117 cm³/mol. The standard InChI is InChI=1S/C24H25F3N2O5/c1-14(12-21(30)29-20(24(25,26)27)10-11-22(31)32)28-23(33)34-13-19-17-8-4-2-6-15(17)16-7-3-5-9-18(16)19/h2-9,14,19-20H,10-13H2,1H3,(H,28,33)(H,29,30)(H,31,32)/t14?,20-/m0/s1. The summed E-state index contributed by atoms with van der Waals surface area (Å²) < 4.78 is 44.5. The van der Waals surface area contributed by atoms with Crippen LogP contribution < -0.4 is 10.6 Å². The summed E-state index contributed by atoms with van der Waals surface area (Å²) in [5, 5.41) is 12.8. The van der Waals surface area contributed by atoms with Crippen LogP contribution >= 0.6 is 0 Å². The van der Waals surface area contributed by atoms with E-state index in [0.717, 1.165) is 22.3 Å². The van der Waals surface area contributed by atoms with Crippen LogP contribution in [0.5, 0.6) is 0 Å². The Morgan fingerprint density at radius 1 is 1.00 bits per heavy atom. The SMILES string of the molecule is CC(CC(=O)N[C@@H](CCC(=O)O)C(F)(F)F)NC(=O)OCC1c2ccccc2-c2ccccc21. The molecule has 1 unspecified atom stereocenters. The fourth-order valence-corrected chi connectivity index (χ4v) is 4.01. The highest BCUT2D eigenvalue weighted by atomic mass is 19.4. The number of hydrogen-bond donors (Lipinski definition) is 3. The number of amides is 2. The lowest BCUT2D eigenvalue weighted by Gasteiger charge is -2.22. The van der Waals surface area contributed by atoms with Crippen LogP contribution in [0.15, 0.2) is 48.5 Å². The molecule has 7 nitrogen and oxygen atoms in total. The number of alkyl carbamates (subject to hydrolysis) is 1. The minimum Gasteiger partial charge on any atom is -0.481 e. The molecule has 182 valence electrons. The molecule has 0 bridgehead atoms. The number of fused-ring (bicyclic) bond motifs is 3. The van der Waals surface area contributed by atoms with Crippen molar-refractivity contribution in [1.82, 2.24) is 10.6 Å². The van der Waals surface area contributed by atoms with Gasteiger partial charge in [-0.15, -0.1) is 0 Å². The predicted octanol–water partition coefficient (Wildman–Crippen LogP) is 4.22. The first kappa shape index (κ1) is 25.1. The Morgan fingerprint density at radius 3 is 2.09 bits per heavy atom. The van der Waals surface area contributed by atoms with Crippen molar-refractivity contribution in [2.75, 3.05) is 6.61 Å². The molecule has 3 rings (SSSR count). The average molecular weight is 478 g/mol. The Bertz CT molecular complexity index is 1010. The summed E-state index contributed by atoms with van der Waals surface area (Å²) in [5.41, 5.74) is 4.20. The van der Waals surface area contributed by atoms with E-state index in [1.54, 1.807) is 5.32 Å². The molecular formula is C24H25F3N2O5. The number of halogens is 3. The largest absolute Gasteiger partial charge is 0.481 e. The van der Waals surface area contributed by atoms with Gasteiger partial charge in [-0.25, -0.2) is 4.79 Å². The second kappa shape index (κ2) is 10.6. The van der Waals surface area contributed by atoms with Gasteiger partial charge in [0.15, 0.2) is 0 Å². The summed E-state index contributed by atoms with van der Waals surface area (Å²) in [6, 6.07) is 12.5. The van der Waals surface area contributed by atoms with Crippen LogP contribution in [-0.2, 0) is 14.3 Å². The van der Waals surface area contributed by atoms with E-state index in [1.807, 2.05) is 48.5 Å². The molecule has 34 heavy (non-hydrogen) atoms. The van der Waals surface area contributed by atoms with E-state index in [2.05, 4.69) is 5.32 Å². The minimum absolute atomic E-state index is 0.0596. The van der Waals surface area contributed by atoms with Gasteiger partial charge in [0.25, 0.3) is 0 Å². The molecule has 2 atom stereocenters. The van der Waals surface area contributed by atoms with Gasteiger partial charge in [-0.1, -0.05) is 48.5 Å². The molecule has 2 amide bonds. The van der Waals surface area contributed by atoms with Gasteiger partial charge in [0.2, 0.25) is 5.91 Å². The number of carbonyl (C=O) groups excluding carboxylic acids is 2. The smallest absolute Gasteiger partial charge is 0.408 e. The third-order valence-corrected chi connectivity index (χ3v) is 5.58. The molecular weight excluding hydrogens is 453 g/mol. The first-order valence-electron chi connectivity index (χ1n) is 10.8. The minimum atomic E-state index is -4.78. The zero-order valence-electron chi connectivity index (χ0n) is 18.4. The maximum absolute atomic E-state index is 13.0. The van der Waals surface area contributed by atoms with Crippen molar-refractivity contribution in [1.29, 1.82) is 0 Å². The van der Waals surface area contributed by atoms with Gasteiger partial charge < -0.3 is 20.5 Å². The Morgan fingerprint density at radius 2 is 1.56 bits per heavy atom. The molecule has 0 spiro atoms. The molecule has 0 heterocycles. The van der Waals surface area contributed by atoms with E-state index in [9.17, 15) is 27.6 Å². The summed E-state index contributed by atoms with van der Waals surface area (Å²) in [7, 11) is 0. The summed E-state index contributed by atoms with van der Waals surface area (Å²) >= 11 is 0. The maximum atomic E-state index is 13.0. The van der Waals surface area contributed by atoms with Crippen molar-refractivity contribution in [2.24, 2.45) is 0 Å². The van der Waals surface area contributed by atoms with E-state index >= 15 is 0 Å². The highest BCUT2D eigenvalue weighted by Gasteiger charge is 2.40. The van der Waals surface area contributed by atoms with E-state index in [-0.39, 0.29) is 12.5 Å². The highest BCUT2D eigenvalue weighted by molar-refractivity contribution is 5.79. The first-order chi connectivity index (χ1) is 16.1. The van der Waals surface area contributed by atoms with Crippen molar-refractivity contribution < 1.29 is 37.4 Å². The number of alkyl halides is 3. The van der Waals surface area contributed by atoms with Gasteiger partial charge >= 0.3 is 18.2 Å². The number of aliphatic carboxylic acids is 1. The molecule has 0 aromatic heterocycles. The maximum Gasteiger partial charge on any atom is 0.408 e. The molecule has 2 aromatic carbocycles. The number of rotatable bonds is 9. The summed E-state index contributed by atoms with van der Waals surface area (Å²) in [6.45, 7) is 1.52. The van der Waals surface area contributed by atoms with Gasteiger partial charge in [-0.05, 0) is 35.6 Å². The zero-order valence-corrected chi connectivity index (χ0v) is 18.4. The zero-order chi connectivity index (χ0) is 24.9. The lowest BCUT2D eigenvalue weighted by Crippen LogP contribution is -2.47. The quantitative estimate of drug-likeness (QED) is 0.501. The van der Waals surface area contributed by atoms with Gasteiger partial charge in [0.05, 0.1) is 0 Å². The Kier molecular flexibility index (Phi) is 7.80. The Labute approximate surface area is 194 Å². The highest BCUT2D eigenvalue weighted by Crippen LogP contribution is 2.44. The van der Waals surface area contributed by atoms with Crippen molar-refractivity contribution >= 4 is 18.0 Å². The number of benzene rings is 2. The number of hydrogen-bond acceptors (Lipinski definition) is 4. The molecule has 1 aliphatic carbocycles. The van der Waals surface area contributed by atoms with E-state index in [1.165, 1.54) is 6.92 Å². The third-order valence-electron chi connectivity index (χ3n) is 5.58. The van der Waals surface area contributed by atoms with Crippen molar-refractivity contribution in [3.8, 4) is 11.1 Å². The van der Waals surface area contributed by atoms with Crippen molar-refractivity contribution in [2.45, 2.75) is 50.4 Å². The summed E-state index contributed by atoms with van der Waals surface area (Å²) in [5.74, 6) is -2.51. The second-order valence-electron chi connectivity index (χ2n) is 8.17. The van der Waals surface area contributed by atoms with Crippen LogP contribution in [0.2, 0.25) is 0 Å². The van der Waals surface area contributed by atoms with Crippen molar-refractivity contribution in [3.63, 3.8) is 0 Å². The molecule has 0 saturated carbocycles. The monoisotopic (exact) mass is 478 g/mol. The van der Waals surface area contributed by atoms with Gasteiger partial charge in [0.1, 0.15) is 12.6 Å². The van der Waals surface area contributed by atoms with Crippen LogP contribution in [0.4, 0.5) is 18.0 Å². The molecule has 10 heteroatoms. The Balaban J connectivity index is 1.51. The average Bonchev–Trinajstić information content (AvgIpc) is 3.08. The van der Waals surface area contributed by atoms with E-state index < -0.39 is 55.5 Å². The van der Waals surface area contributed by atoms with Crippen LogP contribution in [0.3, 0.4) is 0 Å². The second-order valence-corrected chi connectivity index (χ2v) is 8.17. The summed E-state index contributed by atoms with van der Waals surface area (Å²) in [6.07, 6.45) is -7.52. The molecule has 3 N–H and O–H groups in total. The molecule has 0 saturated heterocycles. The van der Waals surface area contributed by atoms with E-state index in [0.29, 0.717) is 0 Å². The van der Waals surface area contributed by atoms with Crippen LogP contribution in [0.25, 0.3) is 11.1 Å². The number of carbonyl (C=O) groups is 3. The number of nitrogens with one attached hydrogen (secondary N) is 2. The van der Waals surface area contributed by atoms with Gasteiger partial charge in [-0.3, -0.25) is 9.59 Å². The van der Waals surface area contributed by atoms with Crippen LogP contribution in [0.1, 0.15) is 43.2 Å². The fourth-order valence-electron chi connectivity index (χ4n) is 4.01. The third kappa shape index (κ3) is 6.27. The van der Waals surface area contributed by atoms with Gasteiger partial charge in [0, 0.05) is 24.8 Å². The van der Waals surface area contributed by atoms with Crippen LogP contribution in [0, 0.1) is 0 Å². The number of carboxylic acid groups (broad SMARTS) is 1. The molecule has 0 aliphatic heterocycles. The first-order valence-corrected chi connectivity index (χ1v) is 10.8. The number of carboxylic acids is 1. The lowest BCUT2D eigenvalue weighted by molar-refractivity contribution is -0.164. The lowest BCUT2D eigenvalue weighted by atomic mass is 9.98. The summed E-state index contributed by atoms with van der Waals surface area (Å²) in [4.78, 5) is 34.9. The molecule has 1 aliphatic rings.